The minimum absolute atomic E-state index is 0.218. The quantitative estimate of drug-likeness (QED) is 0.135. The summed E-state index contributed by atoms with van der Waals surface area (Å²) in [7, 11) is 3.32. The van der Waals surface area contributed by atoms with E-state index in [2.05, 4.69) is 23.6 Å². The van der Waals surface area contributed by atoms with Gasteiger partial charge in [0, 0.05) is 37.9 Å². The fourth-order valence-corrected chi connectivity index (χ4v) is 6.13. The van der Waals surface area contributed by atoms with Gasteiger partial charge in [-0.2, -0.15) is 4.98 Å². The van der Waals surface area contributed by atoms with Crippen LogP contribution in [0.5, 0.6) is 17.5 Å². The van der Waals surface area contributed by atoms with Gasteiger partial charge in [-0.15, -0.1) is 5.10 Å². The maximum Gasteiger partial charge on any atom is 0.336 e. The van der Waals surface area contributed by atoms with Crippen LogP contribution in [0.25, 0.3) is 5.65 Å². The van der Waals surface area contributed by atoms with Gasteiger partial charge < -0.3 is 29.1 Å². The molecule has 0 saturated carbocycles. The van der Waals surface area contributed by atoms with E-state index in [-0.39, 0.29) is 6.01 Å². The highest BCUT2D eigenvalue weighted by Gasteiger charge is 2.25. The Bertz CT molecular complexity index is 1770. The molecule has 11 nitrogen and oxygen atoms in total. The zero-order chi connectivity index (χ0) is 34.3. The molecule has 1 N–H and O–H groups in total. The normalized spacial score (nSPS) is 14.2. The second-order valence-electron chi connectivity index (χ2n) is 12.6. The van der Waals surface area contributed by atoms with Gasteiger partial charge in [0.1, 0.15) is 23.4 Å². The van der Waals surface area contributed by atoms with Crippen LogP contribution in [-0.4, -0.2) is 63.6 Å². The molecule has 1 fully saturated rings. The zero-order valence-electron chi connectivity index (χ0n) is 28.9. The molecule has 0 aliphatic carbocycles. The van der Waals surface area contributed by atoms with Crippen LogP contribution in [0.15, 0.2) is 67.0 Å². The van der Waals surface area contributed by atoms with Crippen molar-refractivity contribution in [3.63, 3.8) is 0 Å². The second kappa shape index (κ2) is 15.5. The molecule has 0 bridgehead atoms. The molecule has 4 heterocycles. The van der Waals surface area contributed by atoms with Crippen LogP contribution < -0.4 is 24.0 Å². The minimum Gasteiger partial charge on any atom is -0.497 e. The highest BCUT2D eigenvalue weighted by atomic mass is 16.5. The largest absolute Gasteiger partial charge is 0.497 e. The van der Waals surface area contributed by atoms with Crippen LogP contribution in [0.4, 0.5) is 11.6 Å². The zero-order valence-corrected chi connectivity index (χ0v) is 28.9. The molecule has 0 amide bonds. The Kier molecular flexibility index (Phi) is 10.8. The SMILES string of the molecule is [CH2]C1CCN(c2ncc(C(O)c3cnc4c(N(Cc5ccc(OC)cc5)Cc5ccc(OC)cc5)nc(OCCCC)nn34)cc2C)CC1. The molecule has 1 saturated heterocycles. The van der Waals surface area contributed by atoms with Crippen LogP contribution in [0.2, 0.25) is 0 Å². The molecule has 1 aliphatic heterocycles. The molecule has 3 aromatic heterocycles. The van der Waals surface area contributed by atoms with Crippen molar-refractivity contribution in [1.82, 2.24) is 24.6 Å². The monoisotopic (exact) mass is 664 g/mol. The summed E-state index contributed by atoms with van der Waals surface area (Å²) >= 11 is 0. The van der Waals surface area contributed by atoms with Gasteiger partial charge in [0.2, 0.25) is 0 Å². The van der Waals surface area contributed by atoms with Gasteiger partial charge in [0.05, 0.1) is 32.7 Å². The summed E-state index contributed by atoms with van der Waals surface area (Å²) in [5.41, 5.74) is 4.81. The average Bonchev–Trinajstić information content (AvgIpc) is 3.56. The number of rotatable bonds is 14. The van der Waals surface area contributed by atoms with E-state index in [0.29, 0.717) is 48.3 Å². The molecule has 2 aromatic carbocycles. The van der Waals surface area contributed by atoms with Crippen molar-refractivity contribution in [2.75, 3.05) is 43.7 Å². The van der Waals surface area contributed by atoms with E-state index in [0.717, 1.165) is 72.8 Å². The highest BCUT2D eigenvalue weighted by Crippen LogP contribution is 2.31. The lowest BCUT2D eigenvalue weighted by molar-refractivity contribution is 0.211. The van der Waals surface area contributed by atoms with Crippen LogP contribution in [0.1, 0.15) is 66.7 Å². The summed E-state index contributed by atoms with van der Waals surface area (Å²) < 4.78 is 18.5. The number of hydrogen-bond acceptors (Lipinski definition) is 10. The number of piperidine rings is 1. The number of fused-ring (bicyclic) bond motifs is 1. The molecule has 1 radical (unpaired) electrons. The third-order valence-corrected chi connectivity index (χ3v) is 9.03. The Morgan fingerprint density at radius 1 is 0.939 bits per heavy atom. The minimum atomic E-state index is -1.02. The Morgan fingerprint density at radius 2 is 1.57 bits per heavy atom. The lowest BCUT2D eigenvalue weighted by Crippen LogP contribution is -2.34. The summed E-state index contributed by atoms with van der Waals surface area (Å²) in [5, 5.41) is 16.5. The van der Waals surface area contributed by atoms with E-state index < -0.39 is 6.10 Å². The Labute approximate surface area is 288 Å². The van der Waals surface area contributed by atoms with E-state index >= 15 is 0 Å². The van der Waals surface area contributed by atoms with E-state index in [9.17, 15) is 5.11 Å². The Hall–Kier alpha value is -4.90. The van der Waals surface area contributed by atoms with E-state index in [1.165, 1.54) is 0 Å². The number of aliphatic hydroxyl groups is 1. The molecular formula is C38H46N7O4. The van der Waals surface area contributed by atoms with Crippen molar-refractivity contribution < 1.29 is 19.3 Å². The van der Waals surface area contributed by atoms with Gasteiger partial charge in [0.15, 0.2) is 11.5 Å². The van der Waals surface area contributed by atoms with Gasteiger partial charge >= 0.3 is 6.01 Å². The number of hydrogen-bond donors (Lipinski definition) is 1. The lowest BCUT2D eigenvalue weighted by Gasteiger charge is -2.32. The molecule has 1 aliphatic rings. The second-order valence-corrected chi connectivity index (χ2v) is 12.6. The maximum absolute atomic E-state index is 11.8. The fourth-order valence-electron chi connectivity index (χ4n) is 6.13. The summed E-state index contributed by atoms with van der Waals surface area (Å²) in [6.45, 7) is 11.8. The number of benzene rings is 2. The third kappa shape index (κ3) is 7.88. The van der Waals surface area contributed by atoms with Gasteiger partial charge in [-0.1, -0.05) is 44.5 Å². The van der Waals surface area contributed by atoms with Gasteiger partial charge in [0.25, 0.3) is 0 Å². The summed E-state index contributed by atoms with van der Waals surface area (Å²) in [4.78, 5) is 19.0. The first-order valence-corrected chi connectivity index (χ1v) is 17.0. The van der Waals surface area contributed by atoms with Crippen LogP contribution in [-0.2, 0) is 13.1 Å². The number of imidazole rings is 1. The summed E-state index contributed by atoms with van der Waals surface area (Å²) in [6.07, 6.45) is 6.32. The van der Waals surface area contributed by atoms with Crippen molar-refractivity contribution in [2.24, 2.45) is 5.92 Å². The number of ether oxygens (including phenoxy) is 3. The third-order valence-electron chi connectivity index (χ3n) is 9.03. The highest BCUT2D eigenvalue weighted by molar-refractivity contribution is 5.65. The average molecular weight is 665 g/mol. The van der Waals surface area contributed by atoms with Crippen molar-refractivity contribution in [1.29, 1.82) is 0 Å². The topological polar surface area (TPSA) is 110 Å². The predicted molar refractivity (Wildman–Crippen MR) is 190 cm³/mol. The van der Waals surface area contributed by atoms with Crippen LogP contribution in [0, 0.1) is 19.8 Å². The number of nitrogens with zero attached hydrogens (tertiary/aromatic N) is 7. The predicted octanol–water partition coefficient (Wildman–Crippen LogP) is 6.36. The van der Waals surface area contributed by atoms with Crippen molar-refractivity contribution in [3.8, 4) is 17.5 Å². The molecule has 0 spiro atoms. The number of methoxy groups -OCH3 is 2. The molecule has 257 valence electrons. The smallest absolute Gasteiger partial charge is 0.336 e. The first-order chi connectivity index (χ1) is 23.9. The number of aromatic nitrogens is 5. The van der Waals surface area contributed by atoms with Crippen molar-refractivity contribution in [2.45, 2.75) is 58.7 Å². The fraction of sp³-hybridized carbons (Fsp3) is 0.395. The molecule has 6 rings (SSSR count). The first kappa shape index (κ1) is 34.0. The first-order valence-electron chi connectivity index (χ1n) is 17.0. The van der Waals surface area contributed by atoms with E-state index in [1.54, 1.807) is 31.1 Å². The molecule has 49 heavy (non-hydrogen) atoms. The number of aryl methyl sites for hydroxylation is 1. The van der Waals surface area contributed by atoms with E-state index in [4.69, 9.17) is 34.3 Å². The van der Waals surface area contributed by atoms with Crippen molar-refractivity contribution in [3.05, 3.63) is 102 Å². The summed E-state index contributed by atoms with van der Waals surface area (Å²) in [6, 6.07) is 18.2. The molecular weight excluding hydrogens is 618 g/mol. The molecule has 5 aromatic rings. The van der Waals surface area contributed by atoms with Crippen molar-refractivity contribution >= 4 is 17.3 Å². The molecule has 1 atom stereocenters. The molecule has 11 heteroatoms. The van der Waals surface area contributed by atoms with Crippen LogP contribution >= 0.6 is 0 Å². The number of pyridine rings is 1. The summed E-state index contributed by atoms with van der Waals surface area (Å²) in [5.74, 6) is 3.59. The van der Waals surface area contributed by atoms with E-state index in [1.807, 2.05) is 61.5 Å². The van der Waals surface area contributed by atoms with Crippen LogP contribution in [0.3, 0.4) is 0 Å². The number of aliphatic hydroxyl groups excluding tert-OH is 1. The van der Waals surface area contributed by atoms with Gasteiger partial charge in [-0.05, 0) is 79.1 Å². The number of anilines is 2. The Morgan fingerprint density at radius 3 is 2.14 bits per heavy atom. The number of unbranched alkanes of at least 4 members (excludes halogenated alkanes) is 1. The maximum atomic E-state index is 11.8. The van der Waals surface area contributed by atoms with Gasteiger partial charge in [-0.25, -0.2) is 14.5 Å². The van der Waals surface area contributed by atoms with Gasteiger partial charge in [-0.3, -0.25) is 0 Å². The lowest BCUT2D eigenvalue weighted by atomic mass is 9.98. The molecule has 1 unspecified atom stereocenters. The Balaban J connectivity index is 1.39. The standard InChI is InChI=1S/C38H46N7O4/c1-6-7-20-49-38-41-37(44(24-28-8-12-31(47-4)13-9-28)25-29-10-14-32(48-5)15-11-29)36-40-23-33(45(36)42-38)34(46)30-21-27(3)35(39-22-30)43-18-16-26(2)17-19-43/h8-15,21-23,26,34,46H,2,6-7,16-20,24-25H2,1,3-5H3.